The Bertz CT molecular complexity index is 704. The van der Waals surface area contributed by atoms with E-state index in [1.54, 1.807) is 0 Å². The minimum atomic E-state index is -0.244. The molecule has 2 aromatic rings. The van der Waals surface area contributed by atoms with Gasteiger partial charge in [-0.2, -0.15) is 0 Å². The van der Waals surface area contributed by atoms with E-state index in [0.29, 0.717) is 32.8 Å². The molecule has 4 rings (SSSR count). The van der Waals surface area contributed by atoms with Gasteiger partial charge in [0.05, 0.1) is 19.8 Å². The standard InChI is InChI=1S/C16H19N5O2.2ClH/c22-16(13-11-23-9-6-17-13)20-7-8-21-14(10-20)18-19-15(21)12-4-2-1-3-5-12;;/h1-5,13,17H,6-11H2;2*1H. The Balaban J connectivity index is 0.00000113. The summed E-state index contributed by atoms with van der Waals surface area (Å²) >= 11 is 0. The van der Waals surface area contributed by atoms with Crippen molar-refractivity contribution in [2.24, 2.45) is 0 Å². The topological polar surface area (TPSA) is 72.3 Å². The minimum absolute atomic E-state index is 0. The van der Waals surface area contributed by atoms with E-state index < -0.39 is 0 Å². The molecule has 1 atom stereocenters. The second-order valence-electron chi connectivity index (χ2n) is 5.80. The van der Waals surface area contributed by atoms with Gasteiger partial charge in [-0.05, 0) is 0 Å². The van der Waals surface area contributed by atoms with Crippen molar-refractivity contribution in [3.05, 3.63) is 36.2 Å². The van der Waals surface area contributed by atoms with E-state index in [-0.39, 0.29) is 36.8 Å². The molecule has 0 radical (unpaired) electrons. The van der Waals surface area contributed by atoms with E-state index in [1.807, 2.05) is 35.2 Å². The van der Waals surface area contributed by atoms with Crippen LogP contribution in [0.3, 0.4) is 0 Å². The third-order valence-electron chi connectivity index (χ3n) is 4.32. The monoisotopic (exact) mass is 385 g/mol. The van der Waals surface area contributed by atoms with Crippen molar-refractivity contribution in [3.63, 3.8) is 0 Å². The van der Waals surface area contributed by atoms with E-state index >= 15 is 0 Å². The zero-order valence-corrected chi connectivity index (χ0v) is 15.3. The van der Waals surface area contributed by atoms with Crippen LogP contribution in [0.15, 0.2) is 30.3 Å². The molecule has 1 unspecified atom stereocenters. The molecule has 1 aromatic carbocycles. The van der Waals surface area contributed by atoms with Gasteiger partial charge in [0, 0.05) is 25.2 Å². The molecular weight excluding hydrogens is 365 g/mol. The average Bonchev–Trinajstić information content (AvgIpc) is 3.06. The summed E-state index contributed by atoms with van der Waals surface area (Å²) in [6.45, 7) is 3.71. The van der Waals surface area contributed by atoms with Crippen LogP contribution in [-0.4, -0.2) is 57.9 Å². The Kier molecular flexibility index (Phi) is 6.78. The molecule has 3 heterocycles. The zero-order valence-electron chi connectivity index (χ0n) is 13.6. The number of carbonyl (C=O) groups is 1. The van der Waals surface area contributed by atoms with Crippen LogP contribution in [0.25, 0.3) is 11.4 Å². The first-order valence-corrected chi connectivity index (χ1v) is 7.90. The lowest BCUT2D eigenvalue weighted by Gasteiger charge is -2.32. The molecule has 0 bridgehead atoms. The zero-order chi connectivity index (χ0) is 15.6. The summed E-state index contributed by atoms with van der Waals surface area (Å²) in [5.74, 6) is 1.78. The van der Waals surface area contributed by atoms with Crippen LogP contribution < -0.4 is 5.32 Å². The van der Waals surface area contributed by atoms with Gasteiger partial charge in [0.1, 0.15) is 6.04 Å². The van der Waals surface area contributed by atoms with Crippen LogP contribution in [-0.2, 0) is 22.6 Å². The van der Waals surface area contributed by atoms with Crippen molar-refractivity contribution in [2.75, 3.05) is 26.3 Å². The van der Waals surface area contributed by atoms with Gasteiger partial charge >= 0.3 is 0 Å². The fourth-order valence-electron chi connectivity index (χ4n) is 3.09. The summed E-state index contributed by atoms with van der Waals surface area (Å²) in [5.41, 5.74) is 1.05. The molecule has 1 aromatic heterocycles. The van der Waals surface area contributed by atoms with Crippen molar-refractivity contribution in [1.29, 1.82) is 0 Å². The van der Waals surface area contributed by atoms with Gasteiger partial charge in [-0.15, -0.1) is 35.0 Å². The van der Waals surface area contributed by atoms with Crippen LogP contribution >= 0.6 is 24.8 Å². The molecule has 9 heteroatoms. The number of hydrogen-bond acceptors (Lipinski definition) is 5. The van der Waals surface area contributed by atoms with Crippen molar-refractivity contribution in [3.8, 4) is 11.4 Å². The molecule has 25 heavy (non-hydrogen) atoms. The van der Waals surface area contributed by atoms with Gasteiger partial charge in [0.25, 0.3) is 0 Å². The van der Waals surface area contributed by atoms with Crippen molar-refractivity contribution in [1.82, 2.24) is 25.0 Å². The third kappa shape index (κ3) is 3.95. The Morgan fingerprint density at radius 1 is 1.16 bits per heavy atom. The number of amides is 1. The first-order valence-electron chi connectivity index (χ1n) is 7.90. The van der Waals surface area contributed by atoms with Gasteiger partial charge in [0.2, 0.25) is 5.91 Å². The molecule has 7 nitrogen and oxygen atoms in total. The molecule has 1 saturated heterocycles. The van der Waals surface area contributed by atoms with Gasteiger partial charge in [-0.25, -0.2) is 0 Å². The SMILES string of the molecule is Cl.Cl.O=C(C1COCCN1)N1CCn2c(nnc2-c2ccccc2)C1. The summed E-state index contributed by atoms with van der Waals surface area (Å²) in [6, 6.07) is 9.77. The van der Waals surface area contributed by atoms with Crippen LogP contribution in [0.5, 0.6) is 0 Å². The van der Waals surface area contributed by atoms with E-state index in [1.165, 1.54) is 0 Å². The molecule has 0 spiro atoms. The predicted octanol–water partition coefficient (Wildman–Crippen LogP) is 1.12. The molecule has 2 aliphatic rings. The van der Waals surface area contributed by atoms with E-state index in [4.69, 9.17) is 4.74 Å². The number of morpholine rings is 1. The fourth-order valence-corrected chi connectivity index (χ4v) is 3.09. The smallest absolute Gasteiger partial charge is 0.242 e. The number of carbonyl (C=O) groups excluding carboxylic acids is 1. The summed E-state index contributed by atoms with van der Waals surface area (Å²) in [7, 11) is 0. The number of rotatable bonds is 2. The number of hydrogen-bond donors (Lipinski definition) is 1. The highest BCUT2D eigenvalue weighted by Crippen LogP contribution is 2.21. The second-order valence-corrected chi connectivity index (χ2v) is 5.80. The molecule has 1 amide bonds. The maximum Gasteiger partial charge on any atom is 0.242 e. The highest BCUT2D eigenvalue weighted by molar-refractivity contribution is 5.85. The lowest BCUT2D eigenvalue weighted by molar-refractivity contribution is -0.137. The summed E-state index contributed by atoms with van der Waals surface area (Å²) in [6.07, 6.45) is 0. The molecule has 1 fully saturated rings. The maximum atomic E-state index is 12.6. The first-order chi connectivity index (χ1) is 11.3. The number of ether oxygens (including phenoxy) is 1. The minimum Gasteiger partial charge on any atom is -0.378 e. The highest BCUT2D eigenvalue weighted by atomic mass is 35.5. The summed E-state index contributed by atoms with van der Waals surface area (Å²) < 4.78 is 7.48. The number of halogens is 2. The van der Waals surface area contributed by atoms with Gasteiger partial charge < -0.3 is 19.5 Å². The second kappa shape index (κ2) is 8.62. The van der Waals surface area contributed by atoms with Gasteiger partial charge in [0.15, 0.2) is 11.6 Å². The quantitative estimate of drug-likeness (QED) is 0.838. The Labute approximate surface area is 158 Å². The van der Waals surface area contributed by atoms with Crippen molar-refractivity contribution < 1.29 is 9.53 Å². The number of nitrogens with zero attached hydrogens (tertiary/aromatic N) is 4. The number of benzene rings is 1. The lowest BCUT2D eigenvalue weighted by Crippen LogP contribution is -2.53. The number of nitrogens with one attached hydrogen (secondary N) is 1. The maximum absolute atomic E-state index is 12.6. The normalized spacial score (nSPS) is 19.4. The molecular formula is C16H21Cl2N5O2. The van der Waals surface area contributed by atoms with Crippen molar-refractivity contribution in [2.45, 2.75) is 19.1 Å². The van der Waals surface area contributed by atoms with Crippen LogP contribution in [0.2, 0.25) is 0 Å². The van der Waals surface area contributed by atoms with Crippen LogP contribution in [0.4, 0.5) is 0 Å². The Hall–Kier alpha value is -1.67. The summed E-state index contributed by atoms with van der Waals surface area (Å²) in [4.78, 5) is 14.4. The van der Waals surface area contributed by atoms with Crippen molar-refractivity contribution >= 4 is 30.7 Å². The van der Waals surface area contributed by atoms with E-state index in [0.717, 1.165) is 23.8 Å². The summed E-state index contributed by atoms with van der Waals surface area (Å²) in [5, 5.41) is 11.8. The highest BCUT2D eigenvalue weighted by Gasteiger charge is 2.30. The lowest BCUT2D eigenvalue weighted by atomic mass is 10.2. The fraction of sp³-hybridized carbons (Fsp3) is 0.438. The van der Waals surface area contributed by atoms with E-state index in [9.17, 15) is 4.79 Å². The van der Waals surface area contributed by atoms with Crippen LogP contribution in [0.1, 0.15) is 5.82 Å². The Morgan fingerprint density at radius 2 is 1.96 bits per heavy atom. The van der Waals surface area contributed by atoms with Gasteiger partial charge in [-0.3, -0.25) is 4.79 Å². The molecule has 2 aliphatic heterocycles. The molecule has 0 aliphatic carbocycles. The number of fused-ring (bicyclic) bond motifs is 1. The van der Waals surface area contributed by atoms with E-state index in [2.05, 4.69) is 20.1 Å². The first kappa shape index (κ1) is 19.7. The molecule has 1 N–H and O–H groups in total. The van der Waals surface area contributed by atoms with Gasteiger partial charge in [-0.1, -0.05) is 30.3 Å². The molecule has 136 valence electrons. The Morgan fingerprint density at radius 3 is 2.68 bits per heavy atom. The predicted molar refractivity (Wildman–Crippen MR) is 98.0 cm³/mol. The number of aromatic nitrogens is 3. The molecule has 0 saturated carbocycles. The third-order valence-corrected chi connectivity index (χ3v) is 4.32. The largest absolute Gasteiger partial charge is 0.378 e. The van der Waals surface area contributed by atoms with Crippen LogP contribution in [0, 0.1) is 0 Å². The average molecular weight is 386 g/mol.